The fourth-order valence-electron chi connectivity index (χ4n) is 1.90. The van der Waals surface area contributed by atoms with Crippen molar-refractivity contribution < 1.29 is 5.11 Å². The molecule has 1 nitrogen and oxygen atoms in total. The van der Waals surface area contributed by atoms with Crippen molar-refractivity contribution in [3.63, 3.8) is 0 Å². The summed E-state index contributed by atoms with van der Waals surface area (Å²) in [5.74, 6) is 0.223. The van der Waals surface area contributed by atoms with Crippen molar-refractivity contribution in [1.82, 2.24) is 0 Å². The Balaban J connectivity index is 1.99. The van der Waals surface area contributed by atoms with Crippen LogP contribution in [0.3, 0.4) is 0 Å². The monoisotopic (exact) mass is 300 g/mol. The van der Waals surface area contributed by atoms with Gasteiger partial charge < -0.3 is 5.11 Å². The molecule has 0 spiro atoms. The number of halogens is 2. The van der Waals surface area contributed by atoms with Crippen LogP contribution < -0.4 is 0 Å². The standard InChI is InChI=1S/C14H14Cl2OS/c15-12-3-1-10(2-4-12)7-11(9-17)8-13-5-6-14(16)18-13/h1-6,11,17H,7-9H2. The van der Waals surface area contributed by atoms with Crippen molar-refractivity contribution in [2.45, 2.75) is 12.8 Å². The zero-order chi connectivity index (χ0) is 13.0. The van der Waals surface area contributed by atoms with Crippen LogP contribution in [0.2, 0.25) is 9.36 Å². The number of hydrogen-bond donors (Lipinski definition) is 1. The van der Waals surface area contributed by atoms with Gasteiger partial charge in [0.2, 0.25) is 0 Å². The Kier molecular flexibility index (Phi) is 5.07. The van der Waals surface area contributed by atoms with E-state index in [0.29, 0.717) is 0 Å². The van der Waals surface area contributed by atoms with Crippen molar-refractivity contribution in [3.8, 4) is 0 Å². The second-order valence-electron chi connectivity index (χ2n) is 4.29. The van der Waals surface area contributed by atoms with E-state index in [-0.39, 0.29) is 12.5 Å². The van der Waals surface area contributed by atoms with Gasteiger partial charge >= 0.3 is 0 Å². The zero-order valence-electron chi connectivity index (χ0n) is 9.77. The first-order valence-electron chi connectivity index (χ1n) is 5.77. The SMILES string of the molecule is OCC(Cc1ccc(Cl)cc1)Cc1ccc(Cl)s1. The normalized spacial score (nSPS) is 12.6. The highest BCUT2D eigenvalue weighted by Gasteiger charge is 2.11. The third-order valence-corrected chi connectivity index (χ3v) is 4.32. The quantitative estimate of drug-likeness (QED) is 0.865. The Labute approximate surface area is 121 Å². The Morgan fingerprint density at radius 1 is 1.00 bits per heavy atom. The van der Waals surface area contributed by atoms with Crippen LogP contribution in [0.4, 0.5) is 0 Å². The Morgan fingerprint density at radius 2 is 1.72 bits per heavy atom. The van der Waals surface area contributed by atoms with Gasteiger partial charge in [-0.1, -0.05) is 35.3 Å². The maximum Gasteiger partial charge on any atom is 0.0931 e. The number of aliphatic hydroxyl groups excluding tert-OH is 1. The van der Waals surface area contributed by atoms with Gasteiger partial charge in [0.05, 0.1) is 4.34 Å². The van der Waals surface area contributed by atoms with Gasteiger partial charge in [-0.15, -0.1) is 11.3 Å². The van der Waals surface area contributed by atoms with Crippen LogP contribution in [0.1, 0.15) is 10.4 Å². The summed E-state index contributed by atoms with van der Waals surface area (Å²) < 4.78 is 0.799. The van der Waals surface area contributed by atoms with Crippen LogP contribution >= 0.6 is 34.5 Å². The molecule has 0 saturated carbocycles. The van der Waals surface area contributed by atoms with Crippen molar-refractivity contribution in [2.24, 2.45) is 5.92 Å². The molecule has 0 aliphatic rings. The first kappa shape index (κ1) is 13.9. The van der Waals surface area contributed by atoms with Crippen LogP contribution in [0, 0.1) is 5.92 Å². The first-order chi connectivity index (χ1) is 8.67. The van der Waals surface area contributed by atoms with Crippen LogP contribution in [0.25, 0.3) is 0 Å². The number of thiophene rings is 1. The molecular weight excluding hydrogens is 287 g/mol. The molecule has 0 amide bonds. The van der Waals surface area contributed by atoms with Crippen molar-refractivity contribution in [2.75, 3.05) is 6.61 Å². The number of benzene rings is 1. The fraction of sp³-hybridized carbons (Fsp3) is 0.286. The minimum atomic E-state index is 0.179. The van der Waals surface area contributed by atoms with Crippen molar-refractivity contribution in [3.05, 3.63) is 56.2 Å². The summed E-state index contributed by atoms with van der Waals surface area (Å²) in [6.07, 6.45) is 1.71. The lowest BCUT2D eigenvalue weighted by Gasteiger charge is -2.13. The summed E-state index contributed by atoms with van der Waals surface area (Å²) >= 11 is 13.3. The molecule has 0 bridgehead atoms. The highest BCUT2D eigenvalue weighted by atomic mass is 35.5. The van der Waals surface area contributed by atoms with Crippen LogP contribution in [-0.2, 0) is 12.8 Å². The van der Waals surface area contributed by atoms with Gasteiger partial charge in [-0.05, 0) is 48.6 Å². The van der Waals surface area contributed by atoms with Crippen LogP contribution in [0.5, 0.6) is 0 Å². The van der Waals surface area contributed by atoms with E-state index in [0.717, 1.165) is 22.2 Å². The van der Waals surface area contributed by atoms with Gasteiger partial charge in [0.15, 0.2) is 0 Å². The largest absolute Gasteiger partial charge is 0.396 e. The molecule has 0 radical (unpaired) electrons. The summed E-state index contributed by atoms with van der Waals surface area (Å²) in [4.78, 5) is 1.22. The Morgan fingerprint density at radius 3 is 2.28 bits per heavy atom. The molecule has 0 fully saturated rings. The molecule has 2 rings (SSSR count). The third kappa shape index (κ3) is 3.99. The van der Waals surface area contributed by atoms with Crippen molar-refractivity contribution >= 4 is 34.5 Å². The summed E-state index contributed by atoms with van der Waals surface area (Å²) in [7, 11) is 0. The lowest BCUT2D eigenvalue weighted by Crippen LogP contribution is -2.12. The fourth-order valence-corrected chi connectivity index (χ4v) is 3.23. The predicted octanol–water partition coefficient (Wildman–Crippen LogP) is 4.45. The highest BCUT2D eigenvalue weighted by molar-refractivity contribution is 7.16. The number of rotatable bonds is 5. The lowest BCUT2D eigenvalue weighted by atomic mass is 9.96. The molecular formula is C14H14Cl2OS. The van der Waals surface area contributed by atoms with Gasteiger partial charge in [0.25, 0.3) is 0 Å². The zero-order valence-corrected chi connectivity index (χ0v) is 12.1. The first-order valence-corrected chi connectivity index (χ1v) is 7.34. The third-order valence-electron chi connectivity index (χ3n) is 2.81. The molecule has 2 aromatic rings. The molecule has 96 valence electrons. The molecule has 1 aromatic carbocycles. The number of hydrogen-bond acceptors (Lipinski definition) is 2. The molecule has 1 unspecified atom stereocenters. The van der Waals surface area contributed by atoms with Gasteiger partial charge in [0.1, 0.15) is 0 Å². The van der Waals surface area contributed by atoms with Gasteiger partial charge in [-0.25, -0.2) is 0 Å². The number of aliphatic hydroxyl groups is 1. The van der Waals surface area contributed by atoms with E-state index in [2.05, 4.69) is 0 Å². The minimum Gasteiger partial charge on any atom is -0.396 e. The molecule has 1 heterocycles. The van der Waals surface area contributed by atoms with Crippen molar-refractivity contribution in [1.29, 1.82) is 0 Å². The van der Waals surface area contributed by atoms with E-state index < -0.39 is 0 Å². The topological polar surface area (TPSA) is 20.2 Å². The molecule has 1 atom stereocenters. The molecule has 4 heteroatoms. The second kappa shape index (κ2) is 6.58. The van der Waals surface area contributed by atoms with E-state index in [1.165, 1.54) is 10.4 Å². The molecule has 1 N–H and O–H groups in total. The summed E-state index contributed by atoms with van der Waals surface area (Å²) in [5.41, 5.74) is 1.20. The predicted molar refractivity (Wildman–Crippen MR) is 78.8 cm³/mol. The minimum absolute atomic E-state index is 0.179. The van der Waals surface area contributed by atoms with Gasteiger partial charge in [-0.2, -0.15) is 0 Å². The lowest BCUT2D eigenvalue weighted by molar-refractivity contribution is 0.225. The van der Waals surface area contributed by atoms with E-state index in [9.17, 15) is 5.11 Å². The molecule has 1 aromatic heterocycles. The molecule has 0 aliphatic carbocycles. The van der Waals surface area contributed by atoms with Crippen LogP contribution in [0.15, 0.2) is 36.4 Å². The van der Waals surface area contributed by atoms with Gasteiger partial charge in [-0.3, -0.25) is 0 Å². The molecule has 0 saturated heterocycles. The van der Waals surface area contributed by atoms with Crippen LogP contribution in [-0.4, -0.2) is 11.7 Å². The van der Waals surface area contributed by atoms with Gasteiger partial charge in [0, 0.05) is 16.5 Å². The van der Waals surface area contributed by atoms with E-state index in [1.807, 2.05) is 36.4 Å². The van der Waals surface area contributed by atoms with E-state index in [4.69, 9.17) is 23.2 Å². The summed E-state index contributed by atoms with van der Waals surface area (Å²) in [6, 6.07) is 11.7. The molecule has 18 heavy (non-hydrogen) atoms. The second-order valence-corrected chi connectivity index (χ2v) is 6.53. The summed E-state index contributed by atoms with van der Waals surface area (Å²) in [6.45, 7) is 0.179. The average Bonchev–Trinajstić information content (AvgIpc) is 2.77. The Hall–Kier alpha value is -0.540. The Bertz CT molecular complexity index is 493. The van der Waals surface area contributed by atoms with E-state index >= 15 is 0 Å². The maximum atomic E-state index is 9.46. The average molecular weight is 301 g/mol. The maximum absolute atomic E-state index is 9.46. The molecule has 0 aliphatic heterocycles. The summed E-state index contributed by atoms with van der Waals surface area (Å²) in [5, 5.41) is 10.2. The smallest absolute Gasteiger partial charge is 0.0931 e. The van der Waals surface area contributed by atoms with E-state index in [1.54, 1.807) is 11.3 Å². The highest BCUT2D eigenvalue weighted by Crippen LogP contribution is 2.25.